The molecule has 0 amide bonds. The number of nitrogens with one attached hydrogen (secondary N) is 1. The minimum absolute atomic E-state index is 0. The second kappa shape index (κ2) is 13.8. The molecule has 1 N–H and O–H groups in total. The van der Waals surface area contributed by atoms with Gasteiger partial charge in [0.25, 0.3) is 0 Å². The lowest BCUT2D eigenvalue weighted by Gasteiger charge is -2.22. The molecule has 0 spiro atoms. The van der Waals surface area contributed by atoms with Gasteiger partial charge in [-0.2, -0.15) is 0 Å². The molecule has 0 radical (unpaired) electrons. The van der Waals surface area contributed by atoms with E-state index in [9.17, 15) is 0 Å². The van der Waals surface area contributed by atoms with Crippen molar-refractivity contribution in [3.8, 4) is 0 Å². The zero-order chi connectivity index (χ0) is 20.4. The number of anilines is 1. The monoisotopic (exact) mass is 531 g/mol. The van der Waals surface area contributed by atoms with Gasteiger partial charge in [0.15, 0.2) is 5.96 Å². The summed E-state index contributed by atoms with van der Waals surface area (Å²) in [7, 11) is 5.89. The average molecular weight is 532 g/mol. The number of hydrogen-bond donors (Lipinski definition) is 1. The number of ether oxygens (including phenoxy) is 1. The van der Waals surface area contributed by atoms with Gasteiger partial charge in [-0.15, -0.1) is 35.3 Å². The Balaban J connectivity index is 0.00000420. The fourth-order valence-electron chi connectivity index (χ4n) is 2.77. The zero-order valence-electron chi connectivity index (χ0n) is 18.1. The molecule has 1 aromatic carbocycles. The molecular weight excluding hydrogens is 497 g/mol. The average Bonchev–Trinajstić information content (AvgIpc) is 3.18. The topological polar surface area (TPSA) is 53.0 Å². The van der Waals surface area contributed by atoms with Crippen LogP contribution in [-0.2, 0) is 11.3 Å². The van der Waals surface area contributed by atoms with Crippen LogP contribution in [0.25, 0.3) is 0 Å². The summed E-state index contributed by atoms with van der Waals surface area (Å²) in [4.78, 5) is 13.9. The van der Waals surface area contributed by atoms with Crippen LogP contribution in [0.3, 0.4) is 0 Å². The van der Waals surface area contributed by atoms with E-state index in [1.807, 2.05) is 13.0 Å². The fraction of sp³-hybridized carbons (Fsp3) is 0.524. The van der Waals surface area contributed by atoms with E-state index in [1.54, 1.807) is 18.4 Å². The molecule has 0 aliphatic rings. The lowest BCUT2D eigenvalue weighted by molar-refractivity contribution is 0.119. The van der Waals surface area contributed by atoms with E-state index < -0.39 is 0 Å². The molecule has 0 bridgehead atoms. The van der Waals surface area contributed by atoms with Crippen LogP contribution < -0.4 is 10.2 Å². The van der Waals surface area contributed by atoms with Gasteiger partial charge in [-0.3, -0.25) is 4.99 Å². The lowest BCUT2D eigenvalue weighted by atomic mass is 10.3. The highest BCUT2D eigenvalue weighted by atomic mass is 127. The van der Waals surface area contributed by atoms with Crippen LogP contribution in [0.1, 0.15) is 37.1 Å². The Morgan fingerprint density at radius 2 is 2.00 bits per heavy atom. The summed E-state index contributed by atoms with van der Waals surface area (Å²) < 4.78 is 5.35. The molecule has 0 aliphatic carbocycles. The van der Waals surface area contributed by atoms with Crippen LogP contribution in [-0.4, -0.2) is 56.7 Å². The molecule has 0 saturated carbocycles. The number of guanidine groups is 1. The van der Waals surface area contributed by atoms with Crippen LogP contribution >= 0.6 is 35.3 Å². The second-order valence-electron chi connectivity index (χ2n) is 6.76. The molecule has 6 nitrogen and oxygen atoms in total. The normalized spacial score (nSPS) is 12.2. The van der Waals surface area contributed by atoms with Crippen LogP contribution in [0.15, 0.2) is 40.7 Å². The van der Waals surface area contributed by atoms with E-state index in [4.69, 9.17) is 9.73 Å². The van der Waals surface area contributed by atoms with E-state index >= 15 is 0 Å². The molecule has 0 aliphatic heterocycles. The third kappa shape index (κ3) is 8.47. The largest absolute Gasteiger partial charge is 0.375 e. The van der Waals surface area contributed by atoms with Crippen LogP contribution in [0, 0.1) is 0 Å². The van der Waals surface area contributed by atoms with E-state index in [0.717, 1.165) is 49.3 Å². The fourth-order valence-corrected chi connectivity index (χ4v) is 3.62. The standard InChI is InChI=1S/C21H33N5OS.HI/c1-6-22-21(23-13-10-14-25(3)19-11-8-7-9-12-19)26(4)15-18-16-28-20(24-18)17(2)27-5;/h7-9,11-12,16-17H,6,10,13-15H2,1-5H3,(H,22,23);1H. The van der Waals surface area contributed by atoms with Gasteiger partial charge >= 0.3 is 0 Å². The maximum absolute atomic E-state index is 5.35. The Morgan fingerprint density at radius 3 is 2.66 bits per heavy atom. The van der Waals surface area contributed by atoms with Crippen molar-refractivity contribution >= 4 is 47.0 Å². The van der Waals surface area contributed by atoms with Gasteiger partial charge < -0.3 is 19.9 Å². The highest BCUT2D eigenvalue weighted by molar-refractivity contribution is 14.0. The Kier molecular flexibility index (Phi) is 12.2. The third-order valence-corrected chi connectivity index (χ3v) is 5.53. The van der Waals surface area contributed by atoms with Gasteiger partial charge in [0.2, 0.25) is 0 Å². The molecule has 1 unspecified atom stereocenters. The predicted molar refractivity (Wildman–Crippen MR) is 135 cm³/mol. The zero-order valence-corrected chi connectivity index (χ0v) is 21.2. The highest BCUT2D eigenvalue weighted by Crippen LogP contribution is 2.21. The summed E-state index contributed by atoms with van der Waals surface area (Å²) in [5.74, 6) is 0.916. The van der Waals surface area contributed by atoms with E-state index in [0.29, 0.717) is 0 Å². The van der Waals surface area contributed by atoms with Crippen molar-refractivity contribution < 1.29 is 4.74 Å². The molecule has 2 rings (SSSR count). The Hall–Kier alpha value is -1.39. The number of thiazole rings is 1. The molecule has 29 heavy (non-hydrogen) atoms. The number of halogens is 1. The van der Waals surface area contributed by atoms with E-state index in [1.165, 1.54) is 5.69 Å². The predicted octanol–water partition coefficient (Wildman–Crippen LogP) is 4.39. The molecule has 0 fully saturated rings. The second-order valence-corrected chi connectivity index (χ2v) is 7.65. The third-order valence-electron chi connectivity index (χ3n) is 4.48. The Bertz CT molecular complexity index is 725. The summed E-state index contributed by atoms with van der Waals surface area (Å²) in [6.07, 6.45) is 1.04. The Labute approximate surface area is 196 Å². The summed E-state index contributed by atoms with van der Waals surface area (Å²) in [6.45, 7) is 7.44. The first-order chi connectivity index (χ1) is 13.5. The molecule has 1 atom stereocenters. The van der Waals surface area contributed by atoms with Crippen molar-refractivity contribution in [3.05, 3.63) is 46.4 Å². The first kappa shape index (κ1) is 25.6. The number of aromatic nitrogens is 1. The molecule has 162 valence electrons. The molecule has 2 aromatic rings. The smallest absolute Gasteiger partial charge is 0.194 e. The van der Waals surface area contributed by atoms with Gasteiger partial charge in [-0.05, 0) is 32.4 Å². The summed E-state index contributed by atoms with van der Waals surface area (Å²) in [5, 5.41) is 6.48. The number of rotatable bonds is 10. The first-order valence-electron chi connectivity index (χ1n) is 9.77. The number of aliphatic imine (C=N–C) groups is 1. The van der Waals surface area contributed by atoms with Gasteiger partial charge in [0, 0.05) is 51.9 Å². The molecule has 1 heterocycles. The molecule has 1 aromatic heterocycles. The number of benzene rings is 1. The number of hydrogen-bond acceptors (Lipinski definition) is 5. The number of para-hydroxylation sites is 1. The van der Waals surface area contributed by atoms with Crippen LogP contribution in [0.2, 0.25) is 0 Å². The summed E-state index contributed by atoms with van der Waals surface area (Å²) in [6, 6.07) is 10.4. The van der Waals surface area contributed by atoms with E-state index in [2.05, 4.69) is 70.8 Å². The minimum Gasteiger partial charge on any atom is -0.375 e. The summed E-state index contributed by atoms with van der Waals surface area (Å²) >= 11 is 1.64. The Morgan fingerprint density at radius 1 is 1.28 bits per heavy atom. The van der Waals surface area contributed by atoms with Gasteiger partial charge in [-0.25, -0.2) is 4.98 Å². The summed E-state index contributed by atoms with van der Waals surface area (Å²) in [5.41, 5.74) is 2.28. The van der Waals surface area contributed by atoms with Crippen molar-refractivity contribution in [1.29, 1.82) is 0 Å². The number of nitrogens with zero attached hydrogens (tertiary/aromatic N) is 4. The van der Waals surface area contributed by atoms with Crippen molar-refractivity contribution in [2.75, 3.05) is 45.7 Å². The first-order valence-corrected chi connectivity index (χ1v) is 10.7. The van der Waals surface area contributed by atoms with Crippen molar-refractivity contribution in [2.45, 2.75) is 32.9 Å². The SMILES string of the molecule is CCNC(=NCCCN(C)c1ccccc1)N(C)Cc1csc(C(C)OC)n1.I. The van der Waals surface area contributed by atoms with E-state index in [-0.39, 0.29) is 30.1 Å². The highest BCUT2D eigenvalue weighted by Gasteiger charge is 2.12. The van der Waals surface area contributed by atoms with Crippen molar-refractivity contribution in [2.24, 2.45) is 4.99 Å². The van der Waals surface area contributed by atoms with Crippen LogP contribution in [0.4, 0.5) is 5.69 Å². The van der Waals surface area contributed by atoms with Gasteiger partial charge in [0.1, 0.15) is 11.1 Å². The maximum atomic E-state index is 5.35. The maximum Gasteiger partial charge on any atom is 0.194 e. The van der Waals surface area contributed by atoms with Gasteiger partial charge in [-0.1, -0.05) is 18.2 Å². The lowest BCUT2D eigenvalue weighted by Crippen LogP contribution is -2.38. The molecule has 8 heteroatoms. The quantitative estimate of drug-likeness (QED) is 0.213. The molecule has 0 saturated heterocycles. The van der Waals surface area contributed by atoms with Gasteiger partial charge in [0.05, 0.1) is 12.2 Å². The number of methoxy groups -OCH3 is 1. The van der Waals surface area contributed by atoms with Crippen molar-refractivity contribution in [3.63, 3.8) is 0 Å². The molecular formula is C21H34IN5OS. The minimum atomic E-state index is 0. The van der Waals surface area contributed by atoms with Crippen LogP contribution in [0.5, 0.6) is 0 Å². The van der Waals surface area contributed by atoms with Crippen molar-refractivity contribution in [1.82, 2.24) is 15.2 Å².